The molecule has 3 aromatic carbocycles. The Kier molecular flexibility index (Phi) is 6.96. The van der Waals surface area contributed by atoms with E-state index < -0.39 is 17.9 Å². The predicted molar refractivity (Wildman–Crippen MR) is 143 cm³/mol. The number of esters is 1. The summed E-state index contributed by atoms with van der Waals surface area (Å²) in [5, 5.41) is 5.01. The van der Waals surface area contributed by atoms with Gasteiger partial charge in [-0.05, 0) is 48.0 Å². The van der Waals surface area contributed by atoms with E-state index in [1.807, 2.05) is 48.5 Å². The Balaban J connectivity index is 1.40. The largest absolute Gasteiger partial charge is 0.458 e. The molecule has 0 aliphatic carbocycles. The van der Waals surface area contributed by atoms with Crippen molar-refractivity contribution in [3.63, 3.8) is 0 Å². The van der Waals surface area contributed by atoms with Crippen molar-refractivity contribution >= 4 is 45.3 Å². The molecule has 0 aliphatic heterocycles. The van der Waals surface area contributed by atoms with Gasteiger partial charge in [0.05, 0.1) is 11.2 Å². The second kappa shape index (κ2) is 10.6. The number of nitrogens with one attached hydrogen (secondary N) is 2. The third-order valence-corrected chi connectivity index (χ3v) is 6.23. The highest BCUT2D eigenvalue weighted by Crippen LogP contribution is 2.18. The van der Waals surface area contributed by atoms with E-state index in [0.717, 1.165) is 16.3 Å². The highest BCUT2D eigenvalue weighted by molar-refractivity contribution is 6.30. The molecule has 2 N–H and O–H groups in total. The number of H-pyrrole nitrogens is 1. The van der Waals surface area contributed by atoms with Gasteiger partial charge in [0.1, 0.15) is 12.6 Å². The molecule has 0 spiro atoms. The molecule has 2 heterocycles. The fourth-order valence-corrected chi connectivity index (χ4v) is 4.26. The lowest BCUT2D eigenvalue weighted by molar-refractivity contribution is -0.147. The number of hydrogen-bond donors (Lipinski definition) is 2. The summed E-state index contributed by atoms with van der Waals surface area (Å²) in [5.74, 6) is -1.10. The minimum atomic E-state index is -1.05. The van der Waals surface area contributed by atoms with Gasteiger partial charge >= 0.3 is 5.97 Å². The van der Waals surface area contributed by atoms with Crippen LogP contribution in [0.4, 0.5) is 0 Å². The lowest BCUT2D eigenvalue weighted by atomic mass is 10.0. The Bertz CT molecular complexity index is 1660. The minimum Gasteiger partial charge on any atom is -0.458 e. The third-order valence-electron chi connectivity index (χ3n) is 5.97. The number of aromatic amines is 1. The van der Waals surface area contributed by atoms with Gasteiger partial charge in [0.15, 0.2) is 0 Å². The molecule has 1 amide bonds. The van der Waals surface area contributed by atoms with Crippen LogP contribution >= 0.6 is 11.6 Å². The topological polar surface area (TPSA) is 101 Å². The number of rotatable bonds is 7. The summed E-state index contributed by atoms with van der Waals surface area (Å²) in [6.07, 6.45) is 0.0632. The number of carbonyl (C=O) groups excluding carboxylic acids is 2. The average molecular weight is 512 g/mol. The van der Waals surface area contributed by atoms with Crippen LogP contribution in [0, 0.1) is 0 Å². The zero-order valence-electron chi connectivity index (χ0n) is 19.6. The summed E-state index contributed by atoms with van der Waals surface area (Å²) in [5.41, 5.74) is 2.66. The van der Waals surface area contributed by atoms with Crippen LogP contribution in [0.5, 0.6) is 0 Å². The Morgan fingerprint density at radius 1 is 0.946 bits per heavy atom. The SMILES string of the molecule is O=C(NC(Cc1cc(=O)[nH]c2ccccc12)C(=O)OCc1ccc2ccccc2n1)c1ccc(Cl)cc1. The van der Waals surface area contributed by atoms with Gasteiger partial charge in [-0.15, -0.1) is 0 Å². The molecule has 1 atom stereocenters. The van der Waals surface area contributed by atoms with E-state index in [4.69, 9.17) is 16.3 Å². The minimum absolute atomic E-state index is 0.0624. The van der Waals surface area contributed by atoms with E-state index in [-0.39, 0.29) is 18.6 Å². The molecule has 2 aromatic heterocycles. The molecule has 0 bridgehead atoms. The molecular formula is C29H22ClN3O4. The van der Waals surface area contributed by atoms with Gasteiger partial charge in [0, 0.05) is 39.4 Å². The monoisotopic (exact) mass is 511 g/mol. The third kappa shape index (κ3) is 5.68. The smallest absolute Gasteiger partial charge is 0.329 e. The van der Waals surface area contributed by atoms with Crippen LogP contribution in [0.15, 0.2) is 95.8 Å². The fourth-order valence-electron chi connectivity index (χ4n) is 4.14. The number of fused-ring (bicyclic) bond motifs is 2. The molecular weight excluding hydrogens is 490 g/mol. The van der Waals surface area contributed by atoms with E-state index >= 15 is 0 Å². The molecule has 8 heteroatoms. The van der Waals surface area contributed by atoms with Crippen LogP contribution in [0.3, 0.4) is 0 Å². The fraction of sp³-hybridized carbons (Fsp3) is 0.103. The van der Waals surface area contributed by atoms with E-state index in [9.17, 15) is 14.4 Å². The zero-order valence-corrected chi connectivity index (χ0v) is 20.4. The quantitative estimate of drug-likeness (QED) is 0.305. The highest BCUT2D eigenvalue weighted by Gasteiger charge is 2.25. The summed E-state index contributed by atoms with van der Waals surface area (Å²) in [6, 6.07) is 25.4. The second-order valence-electron chi connectivity index (χ2n) is 8.54. The summed E-state index contributed by atoms with van der Waals surface area (Å²) in [4.78, 5) is 45.8. The Labute approximate surface area is 217 Å². The van der Waals surface area contributed by atoms with Crippen molar-refractivity contribution in [1.82, 2.24) is 15.3 Å². The van der Waals surface area contributed by atoms with E-state index in [0.29, 0.717) is 27.4 Å². The number of benzene rings is 3. The van der Waals surface area contributed by atoms with Crippen LogP contribution in [0.25, 0.3) is 21.8 Å². The summed E-state index contributed by atoms with van der Waals surface area (Å²) >= 11 is 5.94. The number of para-hydroxylation sites is 2. The number of pyridine rings is 2. The van der Waals surface area contributed by atoms with Crippen molar-refractivity contribution < 1.29 is 14.3 Å². The van der Waals surface area contributed by atoms with Crippen molar-refractivity contribution in [2.24, 2.45) is 0 Å². The van der Waals surface area contributed by atoms with Crippen LogP contribution in [0.1, 0.15) is 21.6 Å². The van der Waals surface area contributed by atoms with Crippen molar-refractivity contribution in [1.29, 1.82) is 0 Å². The first-order valence-electron chi connectivity index (χ1n) is 11.6. The van der Waals surface area contributed by atoms with Crippen molar-refractivity contribution in [3.05, 3.63) is 123 Å². The number of ether oxygens (including phenoxy) is 1. The van der Waals surface area contributed by atoms with Gasteiger partial charge in [0.25, 0.3) is 5.91 Å². The Hall–Kier alpha value is -4.49. The van der Waals surface area contributed by atoms with Gasteiger partial charge < -0.3 is 15.0 Å². The number of halogens is 1. The Morgan fingerprint density at radius 2 is 1.70 bits per heavy atom. The van der Waals surface area contributed by atoms with E-state index in [1.165, 1.54) is 6.07 Å². The van der Waals surface area contributed by atoms with Crippen LogP contribution in [0.2, 0.25) is 5.02 Å². The molecule has 1 unspecified atom stereocenters. The zero-order chi connectivity index (χ0) is 25.8. The predicted octanol–water partition coefficient (Wildman–Crippen LogP) is 4.81. The van der Waals surface area contributed by atoms with E-state index in [1.54, 1.807) is 36.4 Å². The maximum Gasteiger partial charge on any atom is 0.329 e. The number of hydrogen-bond acceptors (Lipinski definition) is 5. The van der Waals surface area contributed by atoms with Crippen LogP contribution in [-0.2, 0) is 22.6 Å². The molecule has 0 saturated heterocycles. The van der Waals surface area contributed by atoms with Gasteiger partial charge in [-0.1, -0.05) is 54.1 Å². The van der Waals surface area contributed by atoms with Gasteiger partial charge in [-0.2, -0.15) is 0 Å². The standard InChI is InChI=1S/C29H22ClN3O4/c30-21-12-9-19(10-13-21)28(35)33-26(15-20-16-27(34)32-25-8-4-2-6-23(20)25)29(36)37-17-22-14-11-18-5-1-3-7-24(18)31-22/h1-14,16,26H,15,17H2,(H,32,34)(H,33,35). The normalized spacial score (nSPS) is 11.8. The molecule has 5 rings (SSSR count). The molecule has 5 aromatic rings. The van der Waals surface area contributed by atoms with Crippen molar-refractivity contribution in [3.8, 4) is 0 Å². The number of carbonyl (C=O) groups is 2. The van der Waals surface area contributed by atoms with E-state index in [2.05, 4.69) is 15.3 Å². The number of amides is 1. The van der Waals surface area contributed by atoms with Crippen molar-refractivity contribution in [2.75, 3.05) is 0 Å². The average Bonchev–Trinajstić information content (AvgIpc) is 2.91. The number of nitrogens with zero attached hydrogens (tertiary/aromatic N) is 1. The molecule has 0 fully saturated rings. The van der Waals surface area contributed by atoms with Gasteiger partial charge in [0.2, 0.25) is 5.56 Å². The van der Waals surface area contributed by atoms with Crippen LogP contribution in [-0.4, -0.2) is 27.9 Å². The van der Waals surface area contributed by atoms with Crippen molar-refractivity contribution in [2.45, 2.75) is 19.1 Å². The van der Waals surface area contributed by atoms with Gasteiger partial charge in [-0.25, -0.2) is 9.78 Å². The Morgan fingerprint density at radius 3 is 2.54 bits per heavy atom. The molecule has 184 valence electrons. The summed E-state index contributed by atoms with van der Waals surface area (Å²) in [7, 11) is 0. The lowest BCUT2D eigenvalue weighted by Crippen LogP contribution is -2.43. The number of aromatic nitrogens is 2. The summed E-state index contributed by atoms with van der Waals surface area (Å²) in [6.45, 7) is -0.0624. The lowest BCUT2D eigenvalue weighted by Gasteiger charge is -2.19. The maximum absolute atomic E-state index is 13.3. The molecule has 7 nitrogen and oxygen atoms in total. The molecule has 37 heavy (non-hydrogen) atoms. The first-order chi connectivity index (χ1) is 18.0. The van der Waals surface area contributed by atoms with Gasteiger partial charge in [-0.3, -0.25) is 9.59 Å². The summed E-state index contributed by atoms with van der Waals surface area (Å²) < 4.78 is 5.59. The molecule has 0 saturated carbocycles. The molecule has 0 radical (unpaired) electrons. The van der Waals surface area contributed by atoms with Crippen LogP contribution < -0.4 is 10.9 Å². The first kappa shape index (κ1) is 24.2. The maximum atomic E-state index is 13.3. The highest BCUT2D eigenvalue weighted by atomic mass is 35.5. The molecule has 0 aliphatic rings. The second-order valence-corrected chi connectivity index (χ2v) is 8.98. The first-order valence-corrected chi connectivity index (χ1v) is 12.0.